The van der Waals surface area contributed by atoms with E-state index in [1.165, 1.54) is 0 Å². The fourth-order valence-electron chi connectivity index (χ4n) is 5.34. The largest absolute Gasteiger partial charge is 0.493 e. The standard InChI is InChI=1S/C32H35N3O3/c1-4-11-24-16-17-29(30(20-24)37-3)38-19-10-18-34-28-15-9-8-14-27(28)33-32(34)26-21-31(36)35(22-26)23(2)25-12-6-5-7-13-25/h4-9,11-17,20,23,26H,10,18-19,21-22H2,1-3H3/b11-4+. The summed E-state index contributed by atoms with van der Waals surface area (Å²) in [6.45, 7) is 6.08. The molecule has 1 aliphatic heterocycles. The first-order chi connectivity index (χ1) is 18.6. The predicted molar refractivity (Wildman–Crippen MR) is 151 cm³/mol. The van der Waals surface area contributed by atoms with Gasteiger partial charge in [0.1, 0.15) is 5.82 Å². The fourth-order valence-corrected chi connectivity index (χ4v) is 5.34. The lowest BCUT2D eigenvalue weighted by Gasteiger charge is -2.25. The number of allylic oxidation sites excluding steroid dienone is 1. The second kappa shape index (κ2) is 11.5. The lowest BCUT2D eigenvalue weighted by molar-refractivity contribution is -0.129. The fraction of sp³-hybridized carbons (Fsp3) is 0.312. The summed E-state index contributed by atoms with van der Waals surface area (Å²) < 4.78 is 13.9. The van der Waals surface area contributed by atoms with Crippen LogP contribution < -0.4 is 9.47 Å². The van der Waals surface area contributed by atoms with E-state index < -0.39 is 0 Å². The molecule has 4 aromatic rings. The van der Waals surface area contributed by atoms with Crippen molar-refractivity contribution in [3.8, 4) is 11.5 Å². The summed E-state index contributed by atoms with van der Waals surface area (Å²) in [4.78, 5) is 20.1. The van der Waals surface area contributed by atoms with E-state index in [4.69, 9.17) is 14.5 Å². The highest BCUT2D eigenvalue weighted by Crippen LogP contribution is 2.35. The molecule has 0 aliphatic carbocycles. The first-order valence-corrected chi connectivity index (χ1v) is 13.3. The second-order valence-electron chi connectivity index (χ2n) is 9.76. The number of aromatic nitrogens is 2. The van der Waals surface area contributed by atoms with Gasteiger partial charge in [0, 0.05) is 25.4 Å². The van der Waals surface area contributed by atoms with Crippen LogP contribution in [-0.4, -0.2) is 40.6 Å². The van der Waals surface area contributed by atoms with Crippen LogP contribution in [0.1, 0.15) is 55.6 Å². The maximum atomic E-state index is 13.1. The molecule has 1 amide bonds. The van der Waals surface area contributed by atoms with Gasteiger partial charge in [-0.3, -0.25) is 4.79 Å². The second-order valence-corrected chi connectivity index (χ2v) is 9.76. The Balaban J connectivity index is 1.31. The van der Waals surface area contributed by atoms with Crippen molar-refractivity contribution in [1.82, 2.24) is 14.5 Å². The topological polar surface area (TPSA) is 56.6 Å². The van der Waals surface area contributed by atoms with E-state index in [1.807, 2.05) is 78.6 Å². The van der Waals surface area contributed by atoms with E-state index in [1.54, 1.807) is 7.11 Å². The molecule has 1 aliphatic rings. The minimum atomic E-state index is 0.0362. The Morgan fingerprint density at radius 3 is 2.63 bits per heavy atom. The maximum absolute atomic E-state index is 13.1. The summed E-state index contributed by atoms with van der Waals surface area (Å²) >= 11 is 0. The molecule has 3 aromatic carbocycles. The third-order valence-corrected chi connectivity index (χ3v) is 7.29. The van der Waals surface area contributed by atoms with Crippen LogP contribution in [0.25, 0.3) is 17.1 Å². The van der Waals surface area contributed by atoms with Gasteiger partial charge in [-0.2, -0.15) is 0 Å². The average Bonchev–Trinajstić information content (AvgIpc) is 3.52. The number of aryl methyl sites for hydroxylation is 1. The molecule has 0 radical (unpaired) electrons. The van der Waals surface area contributed by atoms with Crippen molar-refractivity contribution in [1.29, 1.82) is 0 Å². The number of rotatable bonds is 10. The van der Waals surface area contributed by atoms with Crippen LogP contribution in [0.4, 0.5) is 0 Å². The van der Waals surface area contributed by atoms with Crippen molar-refractivity contribution in [3.63, 3.8) is 0 Å². The maximum Gasteiger partial charge on any atom is 0.223 e. The van der Waals surface area contributed by atoms with Crippen LogP contribution in [0.2, 0.25) is 0 Å². The van der Waals surface area contributed by atoms with Gasteiger partial charge in [-0.15, -0.1) is 0 Å². The van der Waals surface area contributed by atoms with Gasteiger partial charge in [0.25, 0.3) is 0 Å². The molecule has 38 heavy (non-hydrogen) atoms. The smallest absolute Gasteiger partial charge is 0.223 e. The highest BCUT2D eigenvalue weighted by atomic mass is 16.5. The number of imidazole rings is 1. The molecule has 0 saturated carbocycles. The number of likely N-dealkylation sites (tertiary alicyclic amines) is 1. The summed E-state index contributed by atoms with van der Waals surface area (Å²) in [5.41, 5.74) is 4.29. The van der Waals surface area contributed by atoms with Crippen LogP contribution >= 0.6 is 0 Å². The van der Waals surface area contributed by atoms with Gasteiger partial charge in [0.05, 0.1) is 30.8 Å². The van der Waals surface area contributed by atoms with Gasteiger partial charge in [-0.1, -0.05) is 60.7 Å². The number of hydrogen-bond donors (Lipinski definition) is 0. The molecule has 6 heteroatoms. The molecule has 6 nitrogen and oxygen atoms in total. The minimum Gasteiger partial charge on any atom is -0.493 e. The zero-order valence-electron chi connectivity index (χ0n) is 22.3. The monoisotopic (exact) mass is 509 g/mol. The zero-order chi connectivity index (χ0) is 26.5. The molecule has 0 N–H and O–H groups in total. The van der Waals surface area contributed by atoms with Gasteiger partial charge in [-0.25, -0.2) is 4.98 Å². The SMILES string of the molecule is C/C=C/c1ccc(OCCCn2c(C3CC(=O)N(C(C)c4ccccc4)C3)nc3ccccc32)c(OC)c1. The predicted octanol–water partition coefficient (Wildman–Crippen LogP) is 6.62. The number of fused-ring (bicyclic) bond motifs is 1. The van der Waals surface area contributed by atoms with E-state index in [2.05, 4.69) is 29.7 Å². The number of hydrogen-bond acceptors (Lipinski definition) is 4. The number of methoxy groups -OCH3 is 1. The van der Waals surface area contributed by atoms with Crippen LogP contribution in [0.15, 0.2) is 78.9 Å². The van der Waals surface area contributed by atoms with E-state index in [0.29, 0.717) is 19.6 Å². The first-order valence-electron chi connectivity index (χ1n) is 13.3. The molecule has 2 atom stereocenters. The Morgan fingerprint density at radius 2 is 1.84 bits per heavy atom. The van der Waals surface area contributed by atoms with Gasteiger partial charge in [0.2, 0.25) is 5.91 Å². The van der Waals surface area contributed by atoms with E-state index in [9.17, 15) is 4.79 Å². The molecule has 0 bridgehead atoms. The van der Waals surface area contributed by atoms with Crippen molar-refractivity contribution in [3.05, 3.63) is 95.8 Å². The van der Waals surface area contributed by atoms with Crippen LogP contribution in [0.5, 0.6) is 11.5 Å². The van der Waals surface area contributed by atoms with Gasteiger partial charge in [-0.05, 0) is 55.7 Å². The molecule has 2 unspecified atom stereocenters. The van der Waals surface area contributed by atoms with Gasteiger partial charge in [0.15, 0.2) is 11.5 Å². The molecular formula is C32H35N3O3. The Hall–Kier alpha value is -4.06. The summed E-state index contributed by atoms with van der Waals surface area (Å²) in [6, 6.07) is 24.4. The number of para-hydroxylation sites is 2. The van der Waals surface area contributed by atoms with E-state index in [-0.39, 0.29) is 17.9 Å². The molecule has 0 spiro atoms. The minimum absolute atomic E-state index is 0.0362. The van der Waals surface area contributed by atoms with Crippen LogP contribution in [0, 0.1) is 0 Å². The molecule has 1 fully saturated rings. The average molecular weight is 510 g/mol. The molecule has 5 rings (SSSR count). The highest BCUT2D eigenvalue weighted by molar-refractivity contribution is 5.81. The van der Waals surface area contributed by atoms with Crippen LogP contribution in [-0.2, 0) is 11.3 Å². The number of benzene rings is 3. The zero-order valence-corrected chi connectivity index (χ0v) is 22.3. The summed E-state index contributed by atoms with van der Waals surface area (Å²) in [7, 11) is 1.66. The summed E-state index contributed by atoms with van der Waals surface area (Å²) in [5, 5.41) is 0. The normalized spacial score (nSPS) is 16.4. The highest BCUT2D eigenvalue weighted by Gasteiger charge is 2.36. The number of amides is 1. The van der Waals surface area contributed by atoms with Crippen molar-refractivity contribution < 1.29 is 14.3 Å². The van der Waals surface area contributed by atoms with E-state index in [0.717, 1.165) is 52.4 Å². The van der Waals surface area contributed by atoms with Crippen molar-refractivity contribution >= 4 is 23.0 Å². The summed E-state index contributed by atoms with van der Waals surface area (Å²) in [6.07, 6.45) is 5.32. The van der Waals surface area contributed by atoms with E-state index >= 15 is 0 Å². The van der Waals surface area contributed by atoms with Gasteiger partial charge >= 0.3 is 0 Å². The molecule has 1 aromatic heterocycles. The number of ether oxygens (including phenoxy) is 2. The Bertz CT molecular complexity index is 1430. The van der Waals surface area contributed by atoms with Gasteiger partial charge < -0.3 is 18.9 Å². The lowest BCUT2D eigenvalue weighted by Crippen LogP contribution is -2.28. The Morgan fingerprint density at radius 1 is 1.05 bits per heavy atom. The quantitative estimate of drug-likeness (QED) is 0.225. The first kappa shape index (κ1) is 25.6. The third-order valence-electron chi connectivity index (χ3n) is 7.29. The number of carbonyl (C=O) groups is 1. The molecule has 1 saturated heterocycles. The van der Waals surface area contributed by atoms with Crippen molar-refractivity contribution in [2.24, 2.45) is 0 Å². The number of nitrogens with zero attached hydrogens (tertiary/aromatic N) is 3. The Kier molecular flexibility index (Phi) is 7.78. The Labute approximate surface area is 224 Å². The lowest BCUT2D eigenvalue weighted by atomic mass is 10.1. The molecule has 196 valence electrons. The van der Waals surface area contributed by atoms with Crippen LogP contribution in [0.3, 0.4) is 0 Å². The number of carbonyl (C=O) groups excluding carboxylic acids is 1. The third kappa shape index (κ3) is 5.30. The molecule has 2 heterocycles. The summed E-state index contributed by atoms with van der Waals surface area (Å²) in [5.74, 6) is 2.69. The van der Waals surface area contributed by atoms with Crippen molar-refractivity contribution in [2.45, 2.75) is 45.2 Å². The molecular weight excluding hydrogens is 474 g/mol. The van der Waals surface area contributed by atoms with Crippen molar-refractivity contribution in [2.75, 3.05) is 20.3 Å².